The van der Waals surface area contributed by atoms with Gasteiger partial charge in [0, 0.05) is 6.42 Å². The van der Waals surface area contributed by atoms with Gasteiger partial charge in [0.2, 0.25) is 5.91 Å². The first-order chi connectivity index (χ1) is 9.77. The summed E-state index contributed by atoms with van der Waals surface area (Å²) in [4.78, 5) is 24.0. The van der Waals surface area contributed by atoms with Gasteiger partial charge in [0.25, 0.3) is 0 Å². The molecule has 0 saturated carbocycles. The fourth-order valence-electron chi connectivity index (χ4n) is 2.06. The first kappa shape index (κ1) is 14.3. The third-order valence-electron chi connectivity index (χ3n) is 3.14. The minimum absolute atomic E-state index is 0.138. The molecule has 4 nitrogen and oxygen atoms in total. The van der Waals surface area contributed by atoms with Crippen molar-refractivity contribution >= 4 is 11.9 Å². The monoisotopic (exact) mass is 273 g/mol. The summed E-state index contributed by atoms with van der Waals surface area (Å²) in [7, 11) is 0. The van der Waals surface area contributed by atoms with E-state index in [2.05, 4.69) is 5.32 Å². The number of rotatable bonds is 1. The summed E-state index contributed by atoms with van der Waals surface area (Å²) in [6, 6.07) is 8.47. The van der Waals surface area contributed by atoms with Crippen LogP contribution in [0.15, 0.2) is 42.5 Å². The van der Waals surface area contributed by atoms with E-state index in [1.165, 1.54) is 0 Å². The van der Waals surface area contributed by atoms with Crippen LogP contribution in [-0.2, 0) is 14.3 Å². The van der Waals surface area contributed by atoms with Crippen LogP contribution in [0.25, 0.3) is 0 Å². The first-order valence-electron chi connectivity index (χ1n) is 6.93. The molecule has 106 valence electrons. The molecule has 1 atom stereocenters. The molecular weight excluding hydrogens is 254 g/mol. The normalized spacial score (nSPS) is 21.3. The standard InChI is InChI=1S/C16H19NO3/c18-14-11-7-2-1-3-8-12-20-16(19)15(17-14)13-9-5-4-6-10-13/h1-2,4-6,9-10,15H,3,7-8,11-12H2,(H,17,18). The summed E-state index contributed by atoms with van der Waals surface area (Å²) in [5, 5.41) is 2.75. The van der Waals surface area contributed by atoms with E-state index in [1.807, 2.05) is 42.5 Å². The van der Waals surface area contributed by atoms with Gasteiger partial charge in [0.1, 0.15) is 0 Å². The van der Waals surface area contributed by atoms with E-state index in [0.29, 0.717) is 19.4 Å². The minimum atomic E-state index is -0.716. The van der Waals surface area contributed by atoms with Crippen LogP contribution in [-0.4, -0.2) is 18.5 Å². The van der Waals surface area contributed by atoms with E-state index in [9.17, 15) is 9.59 Å². The number of hydrogen-bond donors (Lipinski definition) is 1. The molecule has 1 unspecified atom stereocenters. The van der Waals surface area contributed by atoms with Gasteiger partial charge in [-0.2, -0.15) is 0 Å². The number of carbonyl (C=O) groups is 2. The van der Waals surface area contributed by atoms with E-state index in [1.54, 1.807) is 0 Å². The van der Waals surface area contributed by atoms with Crippen molar-refractivity contribution in [1.29, 1.82) is 0 Å². The number of nitrogens with one attached hydrogen (secondary N) is 1. The molecule has 1 aliphatic rings. The Bertz CT molecular complexity index is 482. The predicted molar refractivity (Wildman–Crippen MR) is 75.9 cm³/mol. The van der Waals surface area contributed by atoms with Gasteiger partial charge in [-0.25, -0.2) is 4.79 Å². The molecule has 0 aliphatic carbocycles. The number of allylic oxidation sites excluding steroid dienone is 2. The fraction of sp³-hybridized carbons (Fsp3) is 0.375. The van der Waals surface area contributed by atoms with Crippen molar-refractivity contribution in [2.24, 2.45) is 0 Å². The lowest BCUT2D eigenvalue weighted by atomic mass is 10.1. The zero-order chi connectivity index (χ0) is 14.2. The molecular formula is C16H19NO3. The molecule has 0 fully saturated rings. The first-order valence-corrected chi connectivity index (χ1v) is 6.93. The smallest absolute Gasteiger partial charge is 0.333 e. The van der Waals surface area contributed by atoms with Crippen molar-refractivity contribution in [3.05, 3.63) is 48.0 Å². The van der Waals surface area contributed by atoms with Gasteiger partial charge < -0.3 is 10.1 Å². The second-order valence-corrected chi connectivity index (χ2v) is 4.73. The summed E-state index contributed by atoms with van der Waals surface area (Å²) >= 11 is 0. The molecule has 1 aliphatic heterocycles. The molecule has 1 amide bonds. The van der Waals surface area contributed by atoms with E-state index in [-0.39, 0.29) is 5.91 Å². The molecule has 2 rings (SSSR count). The highest BCUT2D eigenvalue weighted by atomic mass is 16.5. The quantitative estimate of drug-likeness (QED) is 0.632. The Balaban J connectivity index is 2.14. The Morgan fingerprint density at radius 2 is 1.80 bits per heavy atom. The number of hydrogen-bond acceptors (Lipinski definition) is 3. The van der Waals surface area contributed by atoms with Crippen LogP contribution in [0.4, 0.5) is 0 Å². The molecule has 1 N–H and O–H groups in total. The van der Waals surface area contributed by atoms with Gasteiger partial charge >= 0.3 is 5.97 Å². The number of esters is 1. The number of carbonyl (C=O) groups excluding carboxylic acids is 2. The average molecular weight is 273 g/mol. The zero-order valence-electron chi connectivity index (χ0n) is 11.4. The molecule has 1 heterocycles. The molecule has 4 heteroatoms. The average Bonchev–Trinajstić information content (AvgIpc) is 2.47. The van der Waals surface area contributed by atoms with Gasteiger partial charge in [0.05, 0.1) is 6.61 Å². The SMILES string of the molecule is O=C1CCC=CCCCOC(=O)C(c2ccccc2)N1. The van der Waals surface area contributed by atoms with Crippen LogP contribution in [0.2, 0.25) is 0 Å². The predicted octanol–water partition coefficient (Wildman–Crippen LogP) is 2.52. The van der Waals surface area contributed by atoms with Gasteiger partial charge in [-0.05, 0) is 24.8 Å². The fourth-order valence-corrected chi connectivity index (χ4v) is 2.06. The third kappa shape index (κ3) is 4.23. The van der Waals surface area contributed by atoms with Crippen LogP contribution in [0, 0.1) is 0 Å². The van der Waals surface area contributed by atoms with Crippen molar-refractivity contribution in [3.63, 3.8) is 0 Å². The lowest BCUT2D eigenvalue weighted by Crippen LogP contribution is -2.35. The highest BCUT2D eigenvalue weighted by molar-refractivity contribution is 5.85. The van der Waals surface area contributed by atoms with Crippen LogP contribution in [0.3, 0.4) is 0 Å². The number of amides is 1. The molecule has 0 radical (unpaired) electrons. The van der Waals surface area contributed by atoms with Crippen molar-refractivity contribution in [3.8, 4) is 0 Å². The van der Waals surface area contributed by atoms with Gasteiger partial charge in [-0.15, -0.1) is 0 Å². The van der Waals surface area contributed by atoms with Crippen molar-refractivity contribution in [2.45, 2.75) is 31.7 Å². The molecule has 1 aromatic carbocycles. The summed E-state index contributed by atoms with van der Waals surface area (Å²) < 4.78 is 5.24. The Morgan fingerprint density at radius 1 is 1.05 bits per heavy atom. The molecule has 0 spiro atoms. The van der Waals surface area contributed by atoms with Gasteiger partial charge in [-0.3, -0.25) is 4.79 Å². The maximum Gasteiger partial charge on any atom is 0.333 e. The second-order valence-electron chi connectivity index (χ2n) is 4.73. The molecule has 20 heavy (non-hydrogen) atoms. The van der Waals surface area contributed by atoms with Crippen molar-refractivity contribution in [2.75, 3.05) is 6.61 Å². The Hall–Kier alpha value is -2.10. The highest BCUT2D eigenvalue weighted by Crippen LogP contribution is 2.15. The molecule has 0 aromatic heterocycles. The summed E-state index contributed by atoms with van der Waals surface area (Å²) in [5.41, 5.74) is 0.749. The number of benzene rings is 1. The van der Waals surface area contributed by atoms with Crippen molar-refractivity contribution < 1.29 is 14.3 Å². The Morgan fingerprint density at radius 3 is 2.60 bits per heavy atom. The van der Waals surface area contributed by atoms with Gasteiger partial charge in [-0.1, -0.05) is 42.5 Å². The van der Waals surface area contributed by atoms with E-state index < -0.39 is 12.0 Å². The summed E-state index contributed by atoms with van der Waals surface area (Å²) in [6.45, 7) is 0.377. The highest BCUT2D eigenvalue weighted by Gasteiger charge is 2.23. The van der Waals surface area contributed by atoms with Crippen LogP contribution >= 0.6 is 0 Å². The Kier molecular flexibility index (Phi) is 5.35. The van der Waals surface area contributed by atoms with Crippen LogP contribution < -0.4 is 5.32 Å². The summed E-state index contributed by atoms with van der Waals surface area (Å²) in [6.07, 6.45) is 6.77. The second kappa shape index (κ2) is 7.48. The van der Waals surface area contributed by atoms with E-state index >= 15 is 0 Å². The third-order valence-corrected chi connectivity index (χ3v) is 3.14. The lowest BCUT2D eigenvalue weighted by molar-refractivity contribution is -0.148. The van der Waals surface area contributed by atoms with Crippen LogP contribution in [0.5, 0.6) is 0 Å². The van der Waals surface area contributed by atoms with Crippen molar-refractivity contribution in [1.82, 2.24) is 5.32 Å². The number of ether oxygens (including phenoxy) is 1. The minimum Gasteiger partial charge on any atom is -0.464 e. The topological polar surface area (TPSA) is 55.4 Å². The Labute approximate surface area is 118 Å². The van der Waals surface area contributed by atoms with E-state index in [4.69, 9.17) is 4.74 Å². The maximum atomic E-state index is 12.1. The number of cyclic esters (lactones) is 1. The molecule has 0 saturated heterocycles. The van der Waals surface area contributed by atoms with Crippen LogP contribution in [0.1, 0.15) is 37.3 Å². The van der Waals surface area contributed by atoms with E-state index in [0.717, 1.165) is 18.4 Å². The molecule has 0 bridgehead atoms. The molecule has 1 aromatic rings. The lowest BCUT2D eigenvalue weighted by Gasteiger charge is -2.18. The zero-order valence-corrected chi connectivity index (χ0v) is 11.4. The largest absolute Gasteiger partial charge is 0.464 e. The summed E-state index contributed by atoms with van der Waals surface area (Å²) in [5.74, 6) is -0.532. The maximum absolute atomic E-state index is 12.1. The van der Waals surface area contributed by atoms with Gasteiger partial charge in [0.15, 0.2) is 6.04 Å².